The lowest BCUT2D eigenvalue weighted by Gasteiger charge is -2.34. The summed E-state index contributed by atoms with van der Waals surface area (Å²) < 4.78 is 23.6. The molecule has 15 nitrogen and oxygen atoms in total. The SMILES string of the molecule is CC[C@@H](C(=O)Nc1ccc([C@@H]2CC[C@@H](c3ccc(NC(=O)[C@@H]4CCCN4C(=O)[C@@H](NC(=O)OC)C(C)C)cc3)N2c2ccc(F)cc2)cc1)N(CC)C(=O)[C@@H](NC(=O)OC)C(C)C. The molecule has 2 aliphatic heterocycles. The first kappa shape index (κ1) is 47.9. The zero-order valence-corrected chi connectivity index (χ0v) is 37.5. The number of carbonyl (C=O) groups is 6. The molecule has 0 radical (unpaired) electrons. The van der Waals surface area contributed by atoms with Crippen LogP contribution in [0.2, 0.25) is 0 Å². The Labute approximate surface area is 369 Å². The second-order valence-electron chi connectivity index (χ2n) is 16.7. The van der Waals surface area contributed by atoms with Crippen LogP contribution in [0.4, 0.5) is 31.0 Å². The van der Waals surface area contributed by atoms with Crippen LogP contribution in [0.3, 0.4) is 0 Å². The predicted molar refractivity (Wildman–Crippen MR) is 238 cm³/mol. The van der Waals surface area contributed by atoms with Gasteiger partial charge in [-0.05, 0) is 111 Å². The van der Waals surface area contributed by atoms with E-state index in [2.05, 4.69) is 26.2 Å². The first-order chi connectivity index (χ1) is 30.1. The molecule has 2 heterocycles. The van der Waals surface area contributed by atoms with Gasteiger partial charge < -0.3 is 45.4 Å². The Morgan fingerprint density at radius 1 is 0.714 bits per heavy atom. The van der Waals surface area contributed by atoms with E-state index in [1.54, 1.807) is 19.1 Å². The van der Waals surface area contributed by atoms with Crippen molar-refractivity contribution in [2.45, 2.75) is 110 Å². The molecule has 5 rings (SSSR count). The van der Waals surface area contributed by atoms with Crippen molar-refractivity contribution in [3.05, 3.63) is 89.7 Å². The van der Waals surface area contributed by atoms with Crippen molar-refractivity contribution in [1.29, 1.82) is 0 Å². The summed E-state index contributed by atoms with van der Waals surface area (Å²) in [5.74, 6) is -2.17. The van der Waals surface area contributed by atoms with Gasteiger partial charge in [0.1, 0.15) is 30.0 Å². The lowest BCUT2D eigenvalue weighted by atomic mass is 10.0. The molecule has 16 heteroatoms. The average molecular weight is 872 g/mol. The number of rotatable bonds is 16. The maximum Gasteiger partial charge on any atom is 0.407 e. The van der Waals surface area contributed by atoms with E-state index in [9.17, 15) is 33.2 Å². The van der Waals surface area contributed by atoms with Gasteiger partial charge in [-0.3, -0.25) is 19.2 Å². The fourth-order valence-electron chi connectivity index (χ4n) is 8.60. The number of halogens is 1. The summed E-state index contributed by atoms with van der Waals surface area (Å²) in [6.07, 6.45) is 1.63. The molecule has 3 aromatic carbocycles. The van der Waals surface area contributed by atoms with E-state index in [4.69, 9.17) is 9.47 Å². The molecular formula is C47H62FN7O8. The Morgan fingerprint density at radius 3 is 1.70 bits per heavy atom. The summed E-state index contributed by atoms with van der Waals surface area (Å²) in [5.41, 5.74) is 3.96. The molecule has 4 N–H and O–H groups in total. The zero-order chi connectivity index (χ0) is 46.0. The number of amides is 6. The third-order valence-corrected chi connectivity index (χ3v) is 11.9. The second-order valence-corrected chi connectivity index (χ2v) is 16.7. The molecule has 63 heavy (non-hydrogen) atoms. The molecular weight excluding hydrogens is 810 g/mol. The van der Waals surface area contributed by atoms with Crippen LogP contribution in [-0.4, -0.2) is 97.1 Å². The molecule has 6 atom stereocenters. The molecule has 3 aromatic rings. The molecule has 2 saturated heterocycles. The fraction of sp³-hybridized carbons (Fsp3) is 0.489. The minimum atomic E-state index is -0.869. The first-order valence-electron chi connectivity index (χ1n) is 21.8. The highest BCUT2D eigenvalue weighted by Gasteiger charge is 2.40. The number of alkyl carbamates (subject to hydrolysis) is 2. The lowest BCUT2D eigenvalue weighted by Crippen LogP contribution is -2.56. The van der Waals surface area contributed by atoms with Crippen molar-refractivity contribution in [2.75, 3.05) is 42.8 Å². The molecule has 2 aliphatic rings. The van der Waals surface area contributed by atoms with Gasteiger partial charge in [-0.15, -0.1) is 0 Å². The number of benzene rings is 3. The number of anilines is 3. The second kappa shape index (κ2) is 21.7. The monoisotopic (exact) mass is 871 g/mol. The van der Waals surface area contributed by atoms with Crippen LogP contribution in [0.5, 0.6) is 0 Å². The Balaban J connectivity index is 1.30. The highest BCUT2D eigenvalue weighted by molar-refractivity contribution is 5.99. The van der Waals surface area contributed by atoms with Crippen molar-refractivity contribution in [3.63, 3.8) is 0 Å². The quantitative estimate of drug-likeness (QED) is 0.116. The van der Waals surface area contributed by atoms with E-state index in [0.29, 0.717) is 37.2 Å². The first-order valence-corrected chi connectivity index (χ1v) is 21.8. The normalized spacial score (nSPS) is 18.6. The lowest BCUT2D eigenvalue weighted by molar-refractivity contribution is -0.141. The fourth-order valence-corrected chi connectivity index (χ4v) is 8.60. The number of hydrogen-bond donors (Lipinski definition) is 4. The molecule has 0 aromatic heterocycles. The number of nitrogens with zero attached hydrogens (tertiary/aromatic N) is 3. The highest BCUT2D eigenvalue weighted by Crippen LogP contribution is 2.47. The van der Waals surface area contributed by atoms with Gasteiger partial charge in [-0.1, -0.05) is 58.9 Å². The van der Waals surface area contributed by atoms with E-state index < -0.39 is 36.4 Å². The Hall–Kier alpha value is -6.19. The van der Waals surface area contributed by atoms with E-state index in [1.807, 2.05) is 83.1 Å². The molecule has 6 amide bonds. The average Bonchev–Trinajstić information content (AvgIpc) is 3.95. The largest absolute Gasteiger partial charge is 0.453 e. The van der Waals surface area contributed by atoms with E-state index in [-0.39, 0.29) is 59.9 Å². The minimum Gasteiger partial charge on any atom is -0.453 e. The van der Waals surface area contributed by atoms with Crippen molar-refractivity contribution >= 4 is 52.9 Å². The zero-order valence-electron chi connectivity index (χ0n) is 37.5. The number of nitrogens with one attached hydrogen (secondary N) is 4. The van der Waals surface area contributed by atoms with Crippen LogP contribution in [0.15, 0.2) is 72.8 Å². The van der Waals surface area contributed by atoms with E-state index in [0.717, 1.165) is 29.7 Å². The van der Waals surface area contributed by atoms with E-state index in [1.165, 1.54) is 36.2 Å². The van der Waals surface area contributed by atoms with Crippen molar-refractivity contribution in [2.24, 2.45) is 11.8 Å². The molecule has 0 spiro atoms. The van der Waals surface area contributed by atoms with Crippen LogP contribution < -0.4 is 26.2 Å². The molecule has 340 valence electrons. The van der Waals surface area contributed by atoms with Crippen molar-refractivity contribution in [3.8, 4) is 0 Å². The van der Waals surface area contributed by atoms with Crippen LogP contribution in [0, 0.1) is 17.7 Å². The van der Waals surface area contributed by atoms with Crippen molar-refractivity contribution in [1.82, 2.24) is 20.4 Å². The van der Waals surface area contributed by atoms with Crippen LogP contribution in [0.1, 0.15) is 96.9 Å². The van der Waals surface area contributed by atoms with Gasteiger partial charge in [0.05, 0.1) is 26.3 Å². The standard InChI is InChI=1S/C47H62FN7O8/c1-9-36(53(10-2)44(58)40(28(3)4)51-46(60)62-7)42(56)49-33-19-13-30(14-20-33)37-25-26-38(55(37)35-23-17-32(48)18-24-35)31-15-21-34(22-16-31)50-43(57)39-12-11-27-54(39)45(59)41(29(5)6)52-47(61)63-8/h13-24,28-29,36-41H,9-12,25-27H2,1-8H3,(H,49,56)(H,50,57)(H,51,60)(H,52,61)/t36-,37-,38-,39-,40-,41-/m0/s1. The molecule has 0 unspecified atom stereocenters. The Bertz CT molecular complexity index is 2060. The summed E-state index contributed by atoms with van der Waals surface area (Å²) in [6.45, 7) is 11.5. The van der Waals surface area contributed by atoms with Gasteiger partial charge in [-0.2, -0.15) is 0 Å². The van der Waals surface area contributed by atoms with Gasteiger partial charge in [-0.25, -0.2) is 14.0 Å². The molecule has 0 bridgehead atoms. The Morgan fingerprint density at radius 2 is 1.22 bits per heavy atom. The number of carbonyl (C=O) groups excluding carboxylic acids is 6. The summed E-state index contributed by atoms with van der Waals surface area (Å²) in [4.78, 5) is 83.7. The number of likely N-dealkylation sites (N-methyl/N-ethyl adjacent to an activating group) is 1. The predicted octanol–water partition coefficient (Wildman–Crippen LogP) is 7.16. The van der Waals surface area contributed by atoms with Gasteiger partial charge in [0.25, 0.3) is 0 Å². The summed E-state index contributed by atoms with van der Waals surface area (Å²) in [6, 6.07) is 18.2. The smallest absolute Gasteiger partial charge is 0.407 e. The number of likely N-dealkylation sites (tertiary alicyclic amines) is 1. The Kier molecular flexibility index (Phi) is 16.5. The van der Waals surface area contributed by atoms with Gasteiger partial charge in [0.2, 0.25) is 23.6 Å². The number of methoxy groups -OCH3 is 2. The van der Waals surface area contributed by atoms with Gasteiger partial charge >= 0.3 is 12.2 Å². The van der Waals surface area contributed by atoms with Crippen LogP contribution in [0.25, 0.3) is 0 Å². The van der Waals surface area contributed by atoms with Gasteiger partial charge in [0.15, 0.2) is 0 Å². The maximum atomic E-state index is 14.2. The van der Waals surface area contributed by atoms with Gasteiger partial charge in [0, 0.05) is 30.2 Å². The van der Waals surface area contributed by atoms with Crippen LogP contribution >= 0.6 is 0 Å². The molecule has 2 fully saturated rings. The van der Waals surface area contributed by atoms with Crippen molar-refractivity contribution < 1.29 is 42.6 Å². The number of hydrogen-bond acceptors (Lipinski definition) is 9. The maximum absolute atomic E-state index is 14.2. The third-order valence-electron chi connectivity index (χ3n) is 11.9. The van der Waals surface area contributed by atoms with Crippen LogP contribution in [-0.2, 0) is 28.7 Å². The number of ether oxygens (including phenoxy) is 2. The third kappa shape index (κ3) is 11.4. The summed E-state index contributed by atoms with van der Waals surface area (Å²) in [5, 5.41) is 11.2. The summed E-state index contributed by atoms with van der Waals surface area (Å²) in [7, 11) is 2.47. The molecule has 0 saturated carbocycles. The highest BCUT2D eigenvalue weighted by atomic mass is 19.1. The molecule has 0 aliphatic carbocycles. The topological polar surface area (TPSA) is 179 Å². The van der Waals surface area contributed by atoms with E-state index >= 15 is 0 Å². The minimum absolute atomic E-state index is 0.0889. The summed E-state index contributed by atoms with van der Waals surface area (Å²) >= 11 is 0.